The monoisotopic (exact) mass is 241 g/mol. The SMILES string of the molecule is CC(C)N(CC(N)=O)c1ccc(N)cc1Cl. The van der Waals surface area contributed by atoms with Gasteiger partial charge in [0.2, 0.25) is 5.91 Å². The number of hydrogen-bond donors (Lipinski definition) is 2. The van der Waals surface area contributed by atoms with Gasteiger partial charge < -0.3 is 16.4 Å². The molecule has 0 aliphatic carbocycles. The first kappa shape index (κ1) is 12.6. The molecule has 1 aromatic carbocycles. The van der Waals surface area contributed by atoms with Crippen LogP contribution >= 0.6 is 11.6 Å². The average Bonchev–Trinajstić information content (AvgIpc) is 2.14. The van der Waals surface area contributed by atoms with Crippen LogP contribution in [0.4, 0.5) is 11.4 Å². The van der Waals surface area contributed by atoms with Crippen molar-refractivity contribution in [2.45, 2.75) is 19.9 Å². The molecule has 0 aliphatic rings. The van der Waals surface area contributed by atoms with Crippen LogP contribution in [0.15, 0.2) is 18.2 Å². The summed E-state index contributed by atoms with van der Waals surface area (Å²) in [4.78, 5) is 12.8. The summed E-state index contributed by atoms with van der Waals surface area (Å²) in [6, 6.07) is 5.33. The fourth-order valence-electron chi connectivity index (χ4n) is 1.47. The van der Waals surface area contributed by atoms with E-state index in [0.717, 1.165) is 5.69 Å². The summed E-state index contributed by atoms with van der Waals surface area (Å²) in [5, 5.41) is 0.523. The number of halogens is 1. The highest BCUT2D eigenvalue weighted by molar-refractivity contribution is 6.33. The normalized spacial score (nSPS) is 10.5. The molecule has 0 radical (unpaired) electrons. The number of carbonyl (C=O) groups is 1. The molecule has 0 unspecified atom stereocenters. The molecule has 0 spiro atoms. The average molecular weight is 242 g/mol. The van der Waals surface area contributed by atoms with Crippen molar-refractivity contribution in [1.82, 2.24) is 0 Å². The molecule has 0 fully saturated rings. The van der Waals surface area contributed by atoms with Crippen molar-refractivity contribution in [1.29, 1.82) is 0 Å². The minimum atomic E-state index is -0.387. The largest absolute Gasteiger partial charge is 0.399 e. The van der Waals surface area contributed by atoms with Gasteiger partial charge in [-0.2, -0.15) is 0 Å². The Kier molecular flexibility index (Phi) is 4.01. The van der Waals surface area contributed by atoms with Gasteiger partial charge >= 0.3 is 0 Å². The minimum absolute atomic E-state index is 0.133. The summed E-state index contributed by atoms with van der Waals surface area (Å²) in [7, 11) is 0. The molecule has 4 nitrogen and oxygen atoms in total. The molecule has 4 N–H and O–H groups in total. The maximum absolute atomic E-state index is 11.0. The molecule has 88 valence electrons. The third-order valence-corrected chi connectivity index (χ3v) is 2.53. The van der Waals surface area contributed by atoms with E-state index in [1.54, 1.807) is 18.2 Å². The first-order chi connectivity index (χ1) is 7.41. The van der Waals surface area contributed by atoms with E-state index in [-0.39, 0.29) is 18.5 Å². The van der Waals surface area contributed by atoms with Crippen LogP contribution in [-0.4, -0.2) is 18.5 Å². The number of primary amides is 1. The zero-order valence-corrected chi connectivity index (χ0v) is 10.2. The Labute approximate surface area is 100 Å². The van der Waals surface area contributed by atoms with Crippen LogP contribution in [0.3, 0.4) is 0 Å². The van der Waals surface area contributed by atoms with Gasteiger partial charge in [-0.25, -0.2) is 0 Å². The van der Waals surface area contributed by atoms with E-state index in [0.29, 0.717) is 10.7 Å². The third-order valence-electron chi connectivity index (χ3n) is 2.23. The zero-order valence-electron chi connectivity index (χ0n) is 9.40. The van der Waals surface area contributed by atoms with Gasteiger partial charge in [-0.1, -0.05) is 11.6 Å². The number of nitrogens with zero attached hydrogens (tertiary/aromatic N) is 1. The second-order valence-corrected chi connectivity index (χ2v) is 4.31. The summed E-state index contributed by atoms with van der Waals surface area (Å²) >= 11 is 6.08. The van der Waals surface area contributed by atoms with Crippen molar-refractivity contribution in [3.63, 3.8) is 0 Å². The molecule has 0 saturated carbocycles. The van der Waals surface area contributed by atoms with Crippen LogP contribution < -0.4 is 16.4 Å². The number of amides is 1. The van der Waals surface area contributed by atoms with Crippen molar-refractivity contribution in [2.75, 3.05) is 17.2 Å². The van der Waals surface area contributed by atoms with Crippen LogP contribution in [0.1, 0.15) is 13.8 Å². The van der Waals surface area contributed by atoms with E-state index in [1.807, 2.05) is 18.7 Å². The van der Waals surface area contributed by atoms with Gasteiger partial charge in [0.05, 0.1) is 17.3 Å². The highest BCUT2D eigenvalue weighted by Gasteiger charge is 2.15. The van der Waals surface area contributed by atoms with Gasteiger partial charge in [0, 0.05) is 11.7 Å². The molecule has 1 aromatic rings. The number of nitrogens with two attached hydrogens (primary N) is 2. The molecule has 1 rings (SSSR count). The van der Waals surface area contributed by atoms with Crippen LogP contribution in [-0.2, 0) is 4.79 Å². The number of carbonyl (C=O) groups excluding carboxylic acids is 1. The number of benzene rings is 1. The second-order valence-electron chi connectivity index (χ2n) is 3.90. The molecular formula is C11H16ClN3O. The quantitative estimate of drug-likeness (QED) is 0.787. The van der Waals surface area contributed by atoms with Crippen LogP contribution in [0.2, 0.25) is 5.02 Å². The molecule has 16 heavy (non-hydrogen) atoms. The Morgan fingerprint density at radius 3 is 2.56 bits per heavy atom. The van der Waals surface area contributed by atoms with Gasteiger partial charge in [-0.05, 0) is 32.0 Å². The Balaban J connectivity index is 3.05. The number of nitrogen functional groups attached to an aromatic ring is 1. The standard InChI is InChI=1S/C11H16ClN3O/c1-7(2)15(6-11(14)16)10-4-3-8(13)5-9(10)12/h3-5,7H,6,13H2,1-2H3,(H2,14,16). The van der Waals surface area contributed by atoms with Crippen molar-refractivity contribution in [3.8, 4) is 0 Å². The lowest BCUT2D eigenvalue weighted by atomic mass is 10.2. The Morgan fingerprint density at radius 2 is 2.12 bits per heavy atom. The Morgan fingerprint density at radius 1 is 1.50 bits per heavy atom. The first-order valence-corrected chi connectivity index (χ1v) is 5.39. The lowest BCUT2D eigenvalue weighted by molar-refractivity contribution is -0.116. The van der Waals surface area contributed by atoms with E-state index in [9.17, 15) is 4.79 Å². The predicted molar refractivity (Wildman–Crippen MR) is 67.5 cm³/mol. The van der Waals surface area contributed by atoms with Crippen molar-refractivity contribution in [3.05, 3.63) is 23.2 Å². The van der Waals surface area contributed by atoms with Crippen LogP contribution in [0, 0.1) is 0 Å². The van der Waals surface area contributed by atoms with Gasteiger partial charge in [-0.15, -0.1) is 0 Å². The molecule has 0 aliphatic heterocycles. The maximum atomic E-state index is 11.0. The number of hydrogen-bond acceptors (Lipinski definition) is 3. The summed E-state index contributed by atoms with van der Waals surface area (Å²) in [5.74, 6) is -0.387. The smallest absolute Gasteiger partial charge is 0.236 e. The third kappa shape index (κ3) is 3.03. The van der Waals surface area contributed by atoms with Crippen LogP contribution in [0.25, 0.3) is 0 Å². The fourth-order valence-corrected chi connectivity index (χ4v) is 1.77. The van der Waals surface area contributed by atoms with Crippen LogP contribution in [0.5, 0.6) is 0 Å². The number of anilines is 2. The van der Waals surface area contributed by atoms with Gasteiger partial charge in [0.25, 0.3) is 0 Å². The highest BCUT2D eigenvalue weighted by Crippen LogP contribution is 2.28. The van der Waals surface area contributed by atoms with E-state index < -0.39 is 0 Å². The highest BCUT2D eigenvalue weighted by atomic mass is 35.5. The summed E-state index contributed by atoms with van der Waals surface area (Å²) in [5.41, 5.74) is 12.2. The van der Waals surface area contributed by atoms with Gasteiger partial charge in [0.1, 0.15) is 0 Å². The second kappa shape index (κ2) is 5.07. The Bertz CT molecular complexity index is 393. The summed E-state index contributed by atoms with van der Waals surface area (Å²) in [6.45, 7) is 4.08. The van der Waals surface area contributed by atoms with Crippen molar-refractivity contribution >= 4 is 28.9 Å². The molecule has 0 heterocycles. The lowest BCUT2D eigenvalue weighted by Gasteiger charge is -2.28. The first-order valence-electron chi connectivity index (χ1n) is 5.01. The molecular weight excluding hydrogens is 226 g/mol. The van der Waals surface area contributed by atoms with Gasteiger partial charge in [-0.3, -0.25) is 4.79 Å². The number of rotatable bonds is 4. The summed E-state index contributed by atoms with van der Waals surface area (Å²) < 4.78 is 0. The fraction of sp³-hybridized carbons (Fsp3) is 0.364. The van der Waals surface area contributed by atoms with Crippen molar-refractivity contribution in [2.24, 2.45) is 5.73 Å². The van der Waals surface area contributed by atoms with Crippen molar-refractivity contribution < 1.29 is 4.79 Å². The molecule has 0 atom stereocenters. The predicted octanol–water partition coefficient (Wildman–Crippen LogP) is 1.62. The van der Waals surface area contributed by atoms with E-state index in [2.05, 4.69) is 0 Å². The summed E-state index contributed by atoms with van der Waals surface area (Å²) in [6.07, 6.45) is 0. The van der Waals surface area contributed by atoms with E-state index >= 15 is 0 Å². The topological polar surface area (TPSA) is 72.3 Å². The molecule has 0 bridgehead atoms. The molecule has 0 aromatic heterocycles. The Hall–Kier alpha value is -1.42. The zero-order chi connectivity index (χ0) is 12.3. The van der Waals surface area contributed by atoms with E-state index in [4.69, 9.17) is 23.1 Å². The molecule has 0 saturated heterocycles. The van der Waals surface area contributed by atoms with Gasteiger partial charge in [0.15, 0.2) is 0 Å². The maximum Gasteiger partial charge on any atom is 0.236 e. The molecule has 5 heteroatoms. The lowest BCUT2D eigenvalue weighted by Crippen LogP contribution is -2.38. The minimum Gasteiger partial charge on any atom is -0.399 e. The van der Waals surface area contributed by atoms with E-state index in [1.165, 1.54) is 0 Å². The molecule has 1 amide bonds.